The Balaban J connectivity index is 1.15. The second kappa shape index (κ2) is 14.4. The van der Waals surface area contributed by atoms with E-state index in [0.717, 1.165) is 10.5 Å². The number of hydrogen-bond acceptors (Lipinski definition) is 6. The zero-order chi connectivity index (χ0) is 32.6. The fourth-order valence-corrected chi connectivity index (χ4v) is 5.77. The van der Waals surface area contributed by atoms with Crippen molar-refractivity contribution in [2.24, 2.45) is 0 Å². The van der Waals surface area contributed by atoms with Crippen LogP contribution < -0.4 is 15.4 Å². The quantitative estimate of drug-likeness (QED) is 0.0915. The van der Waals surface area contributed by atoms with Crippen LogP contribution in [0.3, 0.4) is 0 Å². The summed E-state index contributed by atoms with van der Waals surface area (Å²) in [6.45, 7) is 0.423. The van der Waals surface area contributed by atoms with E-state index in [1.165, 1.54) is 16.7 Å². The minimum Gasteiger partial charge on any atom is -0.489 e. The summed E-state index contributed by atoms with van der Waals surface area (Å²) in [5, 5.41) is 5.61. The summed E-state index contributed by atoms with van der Waals surface area (Å²) in [5.41, 5.74) is 3.44. The Hall–Kier alpha value is -5.93. The molecule has 5 aromatic rings. The van der Waals surface area contributed by atoms with Gasteiger partial charge in [-0.05, 0) is 71.8 Å². The summed E-state index contributed by atoms with van der Waals surface area (Å²) in [6, 6.07) is 39.5. The third-order valence-corrected chi connectivity index (χ3v) is 8.27. The first kappa shape index (κ1) is 31.1. The van der Waals surface area contributed by atoms with E-state index in [2.05, 4.69) is 10.6 Å². The molecule has 1 heterocycles. The maximum Gasteiger partial charge on any atom is 0.272 e. The number of rotatable bonds is 11. The molecule has 0 aromatic heterocycles. The molecule has 0 spiro atoms. The number of fused-ring (bicyclic) bond motifs is 1. The molecule has 8 nitrogen and oxygen atoms in total. The minimum atomic E-state index is -0.527. The van der Waals surface area contributed by atoms with Crippen molar-refractivity contribution in [2.75, 3.05) is 11.2 Å². The molecule has 1 aliphatic heterocycles. The Morgan fingerprint density at radius 3 is 2.04 bits per heavy atom. The molecule has 0 atom stereocenters. The van der Waals surface area contributed by atoms with Crippen molar-refractivity contribution < 1.29 is 23.9 Å². The highest BCUT2D eigenvalue weighted by atomic mass is 32.2. The normalized spacial score (nSPS) is 12.4. The SMILES string of the molecule is O=C(Nc1cccc(SCN2C(=O)c3ccccc3C2=O)c1)/C(=C\c1ccc(OCc2ccccc2)cc1)NC(=O)c1ccccc1. The number of ether oxygens (including phenoxy) is 1. The van der Waals surface area contributed by atoms with E-state index in [1.54, 1.807) is 103 Å². The molecule has 1 aliphatic rings. The summed E-state index contributed by atoms with van der Waals surface area (Å²) >= 11 is 1.30. The average molecular weight is 640 g/mol. The lowest BCUT2D eigenvalue weighted by molar-refractivity contribution is -0.113. The summed E-state index contributed by atoms with van der Waals surface area (Å²) in [5.74, 6) is -0.834. The Bertz CT molecular complexity index is 1930. The molecule has 0 radical (unpaired) electrons. The van der Waals surface area contributed by atoms with Gasteiger partial charge in [0.05, 0.1) is 17.0 Å². The van der Waals surface area contributed by atoms with Crippen LogP contribution in [-0.2, 0) is 11.4 Å². The number of thioether (sulfide) groups is 1. The average Bonchev–Trinajstić information content (AvgIpc) is 3.35. The number of carbonyl (C=O) groups excluding carboxylic acids is 4. The first-order valence-corrected chi connectivity index (χ1v) is 15.8. The molecule has 0 fully saturated rings. The molecule has 2 N–H and O–H groups in total. The van der Waals surface area contributed by atoms with Gasteiger partial charge in [0.15, 0.2) is 0 Å². The molecule has 6 rings (SSSR count). The van der Waals surface area contributed by atoms with Crippen LogP contribution in [0.2, 0.25) is 0 Å². The highest BCUT2D eigenvalue weighted by molar-refractivity contribution is 7.99. The lowest BCUT2D eigenvalue weighted by Gasteiger charge is -2.14. The van der Waals surface area contributed by atoms with Crippen molar-refractivity contribution in [3.8, 4) is 5.75 Å². The van der Waals surface area contributed by atoms with Gasteiger partial charge in [0.25, 0.3) is 23.6 Å². The van der Waals surface area contributed by atoms with Crippen molar-refractivity contribution in [3.63, 3.8) is 0 Å². The molecule has 9 heteroatoms. The zero-order valence-electron chi connectivity index (χ0n) is 25.1. The molecule has 0 unspecified atom stereocenters. The van der Waals surface area contributed by atoms with Gasteiger partial charge < -0.3 is 15.4 Å². The largest absolute Gasteiger partial charge is 0.489 e. The van der Waals surface area contributed by atoms with E-state index in [9.17, 15) is 19.2 Å². The highest BCUT2D eigenvalue weighted by Gasteiger charge is 2.34. The molecular weight excluding hydrogens is 611 g/mol. The lowest BCUT2D eigenvalue weighted by atomic mass is 10.1. The van der Waals surface area contributed by atoms with E-state index < -0.39 is 11.8 Å². The highest BCUT2D eigenvalue weighted by Crippen LogP contribution is 2.28. The molecule has 0 saturated heterocycles. The van der Waals surface area contributed by atoms with Gasteiger partial charge >= 0.3 is 0 Å². The zero-order valence-corrected chi connectivity index (χ0v) is 25.9. The monoisotopic (exact) mass is 639 g/mol. The number of carbonyl (C=O) groups is 4. The van der Waals surface area contributed by atoms with Crippen LogP contribution in [-0.4, -0.2) is 34.4 Å². The van der Waals surface area contributed by atoms with Crippen LogP contribution in [0, 0.1) is 0 Å². The van der Waals surface area contributed by atoms with Crippen molar-refractivity contribution in [3.05, 3.63) is 167 Å². The van der Waals surface area contributed by atoms with Gasteiger partial charge in [0.2, 0.25) is 0 Å². The van der Waals surface area contributed by atoms with Gasteiger partial charge in [-0.25, -0.2) is 0 Å². The molecule has 0 aliphatic carbocycles. The second-order valence-corrected chi connectivity index (χ2v) is 11.6. The van der Waals surface area contributed by atoms with Crippen LogP contribution in [0.25, 0.3) is 6.08 Å². The van der Waals surface area contributed by atoms with E-state index in [4.69, 9.17) is 4.74 Å². The number of amides is 4. The molecule has 5 aromatic carbocycles. The van der Waals surface area contributed by atoms with Gasteiger partial charge in [0, 0.05) is 16.1 Å². The van der Waals surface area contributed by atoms with Crippen molar-refractivity contribution in [2.45, 2.75) is 11.5 Å². The number of imide groups is 1. The topological polar surface area (TPSA) is 105 Å². The first-order valence-electron chi connectivity index (χ1n) is 14.8. The number of anilines is 1. The summed E-state index contributed by atoms with van der Waals surface area (Å²) in [7, 11) is 0. The van der Waals surface area contributed by atoms with Crippen LogP contribution >= 0.6 is 11.8 Å². The van der Waals surface area contributed by atoms with Gasteiger partial charge in [0.1, 0.15) is 18.1 Å². The van der Waals surface area contributed by atoms with Gasteiger partial charge in [-0.1, -0.05) is 78.9 Å². The molecule has 4 amide bonds. The van der Waals surface area contributed by atoms with Crippen LogP contribution in [0.15, 0.2) is 144 Å². The minimum absolute atomic E-state index is 0.0425. The number of benzene rings is 5. The summed E-state index contributed by atoms with van der Waals surface area (Å²) < 4.78 is 5.88. The first-order chi connectivity index (χ1) is 22.9. The van der Waals surface area contributed by atoms with Crippen LogP contribution in [0.1, 0.15) is 42.2 Å². The molecule has 47 heavy (non-hydrogen) atoms. The smallest absolute Gasteiger partial charge is 0.272 e. The van der Waals surface area contributed by atoms with Crippen LogP contribution in [0.4, 0.5) is 5.69 Å². The standard InChI is InChI=1S/C38H29N3O5S/c42-35(28-12-5-2-6-13-28)40-34(22-26-18-20-30(21-19-26)46-24-27-10-3-1-4-11-27)36(43)39-29-14-9-15-31(23-29)47-25-41-37(44)32-16-7-8-17-33(32)38(41)45/h1-23H,24-25H2,(H,39,43)(H,40,42)/b34-22+. The fourth-order valence-electron chi connectivity index (χ4n) is 4.87. The van der Waals surface area contributed by atoms with Gasteiger partial charge in [-0.3, -0.25) is 24.1 Å². The Morgan fingerprint density at radius 1 is 0.723 bits per heavy atom. The van der Waals surface area contributed by atoms with E-state index in [1.807, 2.05) is 36.4 Å². The van der Waals surface area contributed by atoms with E-state index in [0.29, 0.717) is 40.3 Å². The van der Waals surface area contributed by atoms with E-state index >= 15 is 0 Å². The maximum absolute atomic E-state index is 13.6. The van der Waals surface area contributed by atoms with E-state index in [-0.39, 0.29) is 23.4 Å². The third-order valence-electron chi connectivity index (χ3n) is 7.30. The van der Waals surface area contributed by atoms with Crippen molar-refractivity contribution >= 4 is 47.2 Å². The fraction of sp³-hybridized carbons (Fsp3) is 0.0526. The summed E-state index contributed by atoms with van der Waals surface area (Å²) in [4.78, 5) is 54.1. The Morgan fingerprint density at radius 2 is 1.36 bits per heavy atom. The summed E-state index contributed by atoms with van der Waals surface area (Å²) in [6.07, 6.45) is 1.60. The third kappa shape index (κ3) is 7.66. The van der Waals surface area contributed by atoms with Gasteiger partial charge in [-0.15, -0.1) is 11.8 Å². The predicted molar refractivity (Wildman–Crippen MR) is 182 cm³/mol. The molecule has 232 valence electrons. The molecule has 0 bridgehead atoms. The Labute approximate surface area is 276 Å². The molecular formula is C38H29N3O5S. The van der Waals surface area contributed by atoms with Crippen molar-refractivity contribution in [1.29, 1.82) is 0 Å². The second-order valence-electron chi connectivity index (χ2n) is 10.6. The van der Waals surface area contributed by atoms with Crippen LogP contribution in [0.5, 0.6) is 5.75 Å². The van der Waals surface area contributed by atoms with Crippen molar-refractivity contribution in [1.82, 2.24) is 10.2 Å². The number of nitrogens with zero attached hydrogens (tertiary/aromatic N) is 1. The maximum atomic E-state index is 13.6. The number of nitrogens with one attached hydrogen (secondary N) is 2. The lowest BCUT2D eigenvalue weighted by Crippen LogP contribution is -2.30. The predicted octanol–water partition coefficient (Wildman–Crippen LogP) is 7.02. The Kier molecular flexibility index (Phi) is 9.55. The molecule has 0 saturated carbocycles. The number of hydrogen-bond donors (Lipinski definition) is 2. The van der Waals surface area contributed by atoms with Gasteiger partial charge in [-0.2, -0.15) is 0 Å².